The van der Waals surface area contributed by atoms with Gasteiger partial charge in [0.1, 0.15) is 4.21 Å². The summed E-state index contributed by atoms with van der Waals surface area (Å²) in [5.41, 5.74) is 5.86. The number of nitrogen functional groups attached to an aromatic ring is 1. The molecule has 2 heterocycles. The first-order valence-corrected chi connectivity index (χ1v) is 9.54. The zero-order chi connectivity index (χ0) is 13.4. The van der Waals surface area contributed by atoms with E-state index in [0.29, 0.717) is 18.5 Å². The summed E-state index contributed by atoms with van der Waals surface area (Å²) in [7, 11) is -6.79. The number of nitrogens with one attached hydrogen (secondary N) is 1. The molecule has 6 nitrogen and oxygen atoms in total. The standard InChI is InChI=1S/C9H14N2O4S3/c10-7-4-9(16-5-7)18(14,15)11-8-2-1-3-17(12,13)6-8/h4-5,8,11H,1-3,6,10H2. The van der Waals surface area contributed by atoms with Gasteiger partial charge in [0, 0.05) is 17.1 Å². The fourth-order valence-corrected chi connectivity index (χ4v) is 5.97. The van der Waals surface area contributed by atoms with E-state index < -0.39 is 25.9 Å². The van der Waals surface area contributed by atoms with E-state index in [4.69, 9.17) is 5.73 Å². The molecule has 2 rings (SSSR count). The van der Waals surface area contributed by atoms with Crippen molar-refractivity contribution in [2.75, 3.05) is 17.2 Å². The minimum absolute atomic E-state index is 0.114. The maximum absolute atomic E-state index is 12.0. The summed E-state index contributed by atoms with van der Waals surface area (Å²) in [6, 6.07) is 0.821. The van der Waals surface area contributed by atoms with Gasteiger partial charge in [0.15, 0.2) is 9.84 Å². The van der Waals surface area contributed by atoms with Crippen molar-refractivity contribution in [2.24, 2.45) is 0 Å². The first-order chi connectivity index (χ1) is 8.28. The minimum Gasteiger partial charge on any atom is -0.398 e. The van der Waals surface area contributed by atoms with Gasteiger partial charge in [-0.25, -0.2) is 21.6 Å². The number of thiophene rings is 1. The molecule has 18 heavy (non-hydrogen) atoms. The highest BCUT2D eigenvalue weighted by Gasteiger charge is 2.29. The molecule has 102 valence electrons. The largest absolute Gasteiger partial charge is 0.398 e. The average Bonchev–Trinajstić information content (AvgIpc) is 2.63. The van der Waals surface area contributed by atoms with Crippen LogP contribution in [0, 0.1) is 0 Å². The van der Waals surface area contributed by atoms with Gasteiger partial charge in [0.05, 0.1) is 11.5 Å². The Hall–Kier alpha value is -0.640. The molecular weight excluding hydrogens is 296 g/mol. The molecule has 0 radical (unpaired) electrons. The molecule has 1 saturated heterocycles. The summed E-state index contributed by atoms with van der Waals surface area (Å²) in [4.78, 5) is 0. The molecule has 1 aliphatic heterocycles. The molecule has 1 atom stereocenters. The van der Waals surface area contributed by atoms with Crippen molar-refractivity contribution in [1.82, 2.24) is 4.72 Å². The van der Waals surface area contributed by atoms with Crippen LogP contribution < -0.4 is 10.5 Å². The molecule has 0 aliphatic carbocycles. The van der Waals surface area contributed by atoms with Crippen LogP contribution in [0.4, 0.5) is 5.69 Å². The van der Waals surface area contributed by atoms with E-state index in [1.54, 1.807) is 0 Å². The highest BCUT2D eigenvalue weighted by Crippen LogP contribution is 2.23. The predicted octanol–water partition coefficient (Wildman–Crippen LogP) is 0.186. The van der Waals surface area contributed by atoms with Crippen molar-refractivity contribution in [2.45, 2.75) is 23.1 Å². The van der Waals surface area contributed by atoms with Gasteiger partial charge in [-0.1, -0.05) is 0 Å². The topological polar surface area (TPSA) is 106 Å². The molecule has 9 heteroatoms. The Labute approximate surface area is 110 Å². The van der Waals surface area contributed by atoms with Gasteiger partial charge in [0.2, 0.25) is 10.0 Å². The van der Waals surface area contributed by atoms with E-state index >= 15 is 0 Å². The van der Waals surface area contributed by atoms with Crippen LogP contribution >= 0.6 is 11.3 Å². The van der Waals surface area contributed by atoms with Crippen molar-refractivity contribution >= 4 is 36.9 Å². The third-order valence-corrected chi connectivity index (χ3v) is 7.44. The third-order valence-electron chi connectivity index (χ3n) is 2.65. The molecule has 1 unspecified atom stereocenters. The summed E-state index contributed by atoms with van der Waals surface area (Å²) in [6.07, 6.45) is 1.03. The highest BCUT2D eigenvalue weighted by atomic mass is 32.2. The Bertz CT molecular complexity index is 633. The van der Waals surface area contributed by atoms with Crippen LogP contribution in [0.5, 0.6) is 0 Å². The zero-order valence-electron chi connectivity index (χ0n) is 9.50. The molecule has 1 fully saturated rings. The molecule has 0 aromatic carbocycles. The Kier molecular flexibility index (Phi) is 3.67. The van der Waals surface area contributed by atoms with Crippen molar-refractivity contribution in [3.8, 4) is 0 Å². The second-order valence-electron chi connectivity index (χ2n) is 4.27. The fraction of sp³-hybridized carbons (Fsp3) is 0.556. The zero-order valence-corrected chi connectivity index (χ0v) is 11.9. The van der Waals surface area contributed by atoms with Gasteiger partial charge in [-0.15, -0.1) is 11.3 Å². The summed E-state index contributed by atoms with van der Waals surface area (Å²) in [6.45, 7) is 0. The number of sulfone groups is 1. The Morgan fingerprint density at radius 2 is 2.17 bits per heavy atom. The minimum atomic E-state index is -3.67. The molecule has 0 amide bonds. The van der Waals surface area contributed by atoms with E-state index in [1.807, 2.05) is 0 Å². The molecule has 1 aliphatic rings. The predicted molar refractivity (Wildman–Crippen MR) is 70.7 cm³/mol. The first-order valence-electron chi connectivity index (χ1n) is 5.35. The van der Waals surface area contributed by atoms with Gasteiger partial charge in [-0.05, 0) is 18.9 Å². The summed E-state index contributed by atoms with van der Waals surface area (Å²) >= 11 is 1.02. The van der Waals surface area contributed by atoms with Gasteiger partial charge in [-0.3, -0.25) is 0 Å². The van der Waals surface area contributed by atoms with Crippen LogP contribution in [0.1, 0.15) is 12.8 Å². The lowest BCUT2D eigenvalue weighted by molar-refractivity contribution is 0.518. The van der Waals surface area contributed by atoms with Gasteiger partial charge in [-0.2, -0.15) is 0 Å². The fourth-order valence-electron chi connectivity index (χ4n) is 1.86. The average molecular weight is 310 g/mol. The summed E-state index contributed by atoms with van der Waals surface area (Å²) in [5.74, 6) is 0.00423. The second kappa shape index (κ2) is 4.80. The van der Waals surface area contributed by atoms with Crippen molar-refractivity contribution in [3.63, 3.8) is 0 Å². The molecule has 1 aromatic heterocycles. The van der Waals surface area contributed by atoms with Crippen molar-refractivity contribution in [3.05, 3.63) is 11.4 Å². The quantitative estimate of drug-likeness (QED) is 0.828. The first kappa shape index (κ1) is 13.8. The van der Waals surface area contributed by atoms with E-state index in [9.17, 15) is 16.8 Å². The highest BCUT2D eigenvalue weighted by molar-refractivity contribution is 7.92. The molecule has 3 N–H and O–H groups in total. The van der Waals surface area contributed by atoms with Crippen LogP contribution in [0.25, 0.3) is 0 Å². The maximum atomic E-state index is 12.0. The van der Waals surface area contributed by atoms with Crippen molar-refractivity contribution < 1.29 is 16.8 Å². The Balaban J connectivity index is 2.14. The summed E-state index contributed by atoms with van der Waals surface area (Å²) in [5, 5.41) is 1.53. The van der Waals surface area contributed by atoms with Crippen LogP contribution in [-0.2, 0) is 19.9 Å². The lowest BCUT2D eigenvalue weighted by Gasteiger charge is -2.22. The third kappa shape index (κ3) is 3.22. The lowest BCUT2D eigenvalue weighted by Crippen LogP contribution is -2.42. The molecular formula is C9H14N2O4S3. The molecule has 0 spiro atoms. The van der Waals surface area contributed by atoms with Crippen LogP contribution in [-0.4, -0.2) is 34.4 Å². The Morgan fingerprint density at radius 1 is 1.44 bits per heavy atom. The second-order valence-corrected chi connectivity index (χ2v) is 9.35. The van der Waals surface area contributed by atoms with E-state index in [1.165, 1.54) is 11.4 Å². The van der Waals surface area contributed by atoms with Gasteiger partial charge < -0.3 is 5.73 Å². The van der Waals surface area contributed by atoms with Gasteiger partial charge in [0.25, 0.3) is 0 Å². The SMILES string of the molecule is Nc1csc(S(=O)(=O)NC2CCCS(=O)(=O)C2)c1. The van der Waals surface area contributed by atoms with Crippen LogP contribution in [0.2, 0.25) is 0 Å². The molecule has 0 saturated carbocycles. The number of rotatable bonds is 3. The van der Waals surface area contributed by atoms with E-state index in [0.717, 1.165) is 11.3 Å². The molecule has 0 bridgehead atoms. The number of hydrogen-bond acceptors (Lipinski definition) is 6. The van der Waals surface area contributed by atoms with Crippen LogP contribution in [0.3, 0.4) is 0 Å². The van der Waals surface area contributed by atoms with Crippen LogP contribution in [0.15, 0.2) is 15.7 Å². The lowest BCUT2D eigenvalue weighted by atomic mass is 10.2. The number of hydrogen-bond donors (Lipinski definition) is 2. The summed E-state index contributed by atoms with van der Waals surface area (Å²) < 4.78 is 49.4. The normalized spacial score (nSPS) is 23.9. The number of nitrogens with two attached hydrogens (primary N) is 1. The maximum Gasteiger partial charge on any atom is 0.250 e. The smallest absolute Gasteiger partial charge is 0.250 e. The Morgan fingerprint density at radius 3 is 2.72 bits per heavy atom. The van der Waals surface area contributed by atoms with E-state index in [2.05, 4.69) is 4.72 Å². The number of sulfonamides is 1. The van der Waals surface area contributed by atoms with Crippen molar-refractivity contribution in [1.29, 1.82) is 0 Å². The van der Waals surface area contributed by atoms with E-state index in [-0.39, 0.29) is 15.7 Å². The molecule has 1 aromatic rings. The monoisotopic (exact) mass is 310 g/mol. The van der Waals surface area contributed by atoms with Gasteiger partial charge >= 0.3 is 0 Å². The number of anilines is 1.